The van der Waals surface area contributed by atoms with E-state index in [2.05, 4.69) is 0 Å². The van der Waals surface area contributed by atoms with E-state index in [1.54, 1.807) is 36.3 Å². The molecule has 0 spiro atoms. The third kappa shape index (κ3) is 4.56. The Balaban J connectivity index is 1.29. The molecular formula is C23H23NO6. The van der Waals surface area contributed by atoms with Crippen molar-refractivity contribution in [3.8, 4) is 17.2 Å². The monoisotopic (exact) mass is 409 g/mol. The fraction of sp³-hybridized carbons (Fsp3) is 0.304. The maximum atomic E-state index is 12.5. The Morgan fingerprint density at radius 3 is 2.57 bits per heavy atom. The van der Waals surface area contributed by atoms with Crippen molar-refractivity contribution in [1.82, 2.24) is 4.90 Å². The number of nitrogens with zero attached hydrogens (tertiary/aromatic N) is 1. The first-order chi connectivity index (χ1) is 14.6. The minimum atomic E-state index is -0.422. The Labute approximate surface area is 173 Å². The van der Waals surface area contributed by atoms with Gasteiger partial charge in [-0.2, -0.15) is 0 Å². The summed E-state index contributed by atoms with van der Waals surface area (Å²) in [7, 11) is 1.62. The Morgan fingerprint density at radius 2 is 1.80 bits per heavy atom. The number of para-hydroxylation sites is 2. The molecule has 3 aromatic rings. The van der Waals surface area contributed by atoms with Crippen molar-refractivity contribution in [3.05, 3.63) is 65.0 Å². The van der Waals surface area contributed by atoms with E-state index in [0.29, 0.717) is 30.2 Å². The van der Waals surface area contributed by atoms with E-state index >= 15 is 0 Å². The van der Waals surface area contributed by atoms with Gasteiger partial charge in [-0.05, 0) is 30.3 Å². The number of likely N-dealkylation sites (tertiary alicyclic amines) is 1. The summed E-state index contributed by atoms with van der Waals surface area (Å²) in [4.78, 5) is 25.7. The molecule has 0 aliphatic carbocycles. The first-order valence-corrected chi connectivity index (χ1v) is 9.86. The summed E-state index contributed by atoms with van der Waals surface area (Å²) < 4.78 is 22.1. The molecule has 30 heavy (non-hydrogen) atoms. The van der Waals surface area contributed by atoms with Gasteiger partial charge in [0.2, 0.25) is 0 Å². The molecule has 0 bridgehead atoms. The van der Waals surface area contributed by atoms with Gasteiger partial charge in [-0.25, -0.2) is 4.79 Å². The second-order valence-electron chi connectivity index (χ2n) is 7.09. The maximum Gasteiger partial charge on any atom is 0.336 e. The van der Waals surface area contributed by atoms with Crippen LogP contribution in [0.1, 0.15) is 12.8 Å². The number of amides is 1. The van der Waals surface area contributed by atoms with Gasteiger partial charge in [-0.15, -0.1) is 0 Å². The van der Waals surface area contributed by atoms with Gasteiger partial charge in [0.05, 0.1) is 7.11 Å². The summed E-state index contributed by atoms with van der Waals surface area (Å²) in [6.07, 6.45) is 1.52. The Kier molecular flexibility index (Phi) is 5.88. The van der Waals surface area contributed by atoms with Gasteiger partial charge < -0.3 is 23.5 Å². The fourth-order valence-corrected chi connectivity index (χ4v) is 3.49. The molecule has 1 aliphatic heterocycles. The molecule has 1 aromatic heterocycles. The fourth-order valence-electron chi connectivity index (χ4n) is 3.49. The van der Waals surface area contributed by atoms with Crippen LogP contribution < -0.4 is 19.8 Å². The van der Waals surface area contributed by atoms with Gasteiger partial charge in [-0.1, -0.05) is 12.1 Å². The molecule has 2 aromatic carbocycles. The highest BCUT2D eigenvalue weighted by Gasteiger charge is 2.25. The van der Waals surface area contributed by atoms with Crippen molar-refractivity contribution >= 4 is 16.9 Å². The molecule has 0 unspecified atom stereocenters. The lowest BCUT2D eigenvalue weighted by atomic mass is 10.1. The molecule has 0 N–H and O–H groups in total. The topological polar surface area (TPSA) is 78.2 Å². The van der Waals surface area contributed by atoms with Crippen LogP contribution in [0.25, 0.3) is 11.0 Å². The number of hydrogen-bond acceptors (Lipinski definition) is 6. The smallest absolute Gasteiger partial charge is 0.336 e. The summed E-state index contributed by atoms with van der Waals surface area (Å²) >= 11 is 0. The van der Waals surface area contributed by atoms with Crippen molar-refractivity contribution in [2.45, 2.75) is 18.9 Å². The number of hydrogen-bond donors (Lipinski definition) is 0. The molecule has 1 aliphatic rings. The normalized spacial score (nSPS) is 14.5. The number of benzene rings is 2. The van der Waals surface area contributed by atoms with Gasteiger partial charge in [-0.3, -0.25) is 4.79 Å². The van der Waals surface area contributed by atoms with Crippen molar-refractivity contribution < 1.29 is 23.4 Å². The Bertz CT molecular complexity index is 1080. The van der Waals surface area contributed by atoms with E-state index < -0.39 is 5.63 Å². The van der Waals surface area contributed by atoms with Crippen LogP contribution >= 0.6 is 0 Å². The Morgan fingerprint density at radius 1 is 1.07 bits per heavy atom. The molecule has 1 saturated heterocycles. The SMILES string of the molecule is COc1ccccc1OC1CCN(C(=O)COc2ccc3ccc(=O)oc3c2)CC1. The van der Waals surface area contributed by atoms with E-state index in [1.165, 1.54) is 6.07 Å². The third-order valence-electron chi connectivity index (χ3n) is 5.11. The first kappa shape index (κ1) is 19.8. The van der Waals surface area contributed by atoms with E-state index in [-0.39, 0.29) is 18.6 Å². The van der Waals surface area contributed by atoms with Crippen LogP contribution in [0.15, 0.2) is 63.8 Å². The summed E-state index contributed by atoms with van der Waals surface area (Å²) in [5, 5.41) is 0.797. The highest BCUT2D eigenvalue weighted by atomic mass is 16.5. The number of carbonyl (C=O) groups is 1. The van der Waals surface area contributed by atoms with Gasteiger partial charge in [0.1, 0.15) is 17.4 Å². The van der Waals surface area contributed by atoms with Gasteiger partial charge in [0, 0.05) is 43.5 Å². The summed E-state index contributed by atoms with van der Waals surface area (Å²) in [6.45, 7) is 1.14. The first-order valence-electron chi connectivity index (χ1n) is 9.86. The highest BCUT2D eigenvalue weighted by molar-refractivity contribution is 5.79. The number of rotatable bonds is 6. The average molecular weight is 409 g/mol. The van der Waals surface area contributed by atoms with Crippen molar-refractivity contribution in [2.75, 3.05) is 26.8 Å². The number of carbonyl (C=O) groups excluding carboxylic acids is 1. The van der Waals surface area contributed by atoms with Crippen LogP contribution in [0, 0.1) is 0 Å². The zero-order valence-corrected chi connectivity index (χ0v) is 16.7. The summed E-state index contributed by atoms with van der Waals surface area (Å²) in [5.74, 6) is 1.83. The minimum Gasteiger partial charge on any atom is -0.493 e. The zero-order valence-electron chi connectivity index (χ0n) is 16.7. The Hall–Kier alpha value is -3.48. The average Bonchev–Trinajstić information content (AvgIpc) is 2.78. The minimum absolute atomic E-state index is 0.0367. The van der Waals surface area contributed by atoms with Crippen LogP contribution in [0.4, 0.5) is 0 Å². The quantitative estimate of drug-likeness (QED) is 0.582. The number of piperidine rings is 1. The van der Waals surface area contributed by atoms with Gasteiger partial charge >= 0.3 is 5.63 Å². The lowest BCUT2D eigenvalue weighted by Crippen LogP contribution is -2.43. The molecule has 7 heteroatoms. The molecule has 7 nitrogen and oxygen atoms in total. The van der Waals surface area contributed by atoms with Crippen LogP contribution in [0.2, 0.25) is 0 Å². The second kappa shape index (κ2) is 8.90. The second-order valence-corrected chi connectivity index (χ2v) is 7.09. The molecule has 1 fully saturated rings. The predicted molar refractivity (Wildman–Crippen MR) is 111 cm³/mol. The van der Waals surface area contributed by atoms with Crippen molar-refractivity contribution in [2.24, 2.45) is 0 Å². The van der Waals surface area contributed by atoms with Crippen molar-refractivity contribution in [1.29, 1.82) is 0 Å². The standard InChI is InChI=1S/C23H23NO6/c1-27-19-4-2-3-5-20(19)29-17-10-12-24(13-11-17)22(25)15-28-18-8-6-16-7-9-23(26)30-21(16)14-18/h2-9,14,17H,10-13,15H2,1H3. The lowest BCUT2D eigenvalue weighted by molar-refractivity contribution is -0.135. The molecule has 4 rings (SSSR count). The predicted octanol–water partition coefficient (Wildman–Crippen LogP) is 3.25. The summed E-state index contributed by atoms with van der Waals surface area (Å²) in [6, 6.07) is 15.8. The molecule has 0 atom stereocenters. The van der Waals surface area contributed by atoms with E-state index in [9.17, 15) is 9.59 Å². The van der Waals surface area contributed by atoms with E-state index in [1.807, 2.05) is 24.3 Å². The number of methoxy groups -OCH3 is 1. The van der Waals surface area contributed by atoms with Crippen LogP contribution in [-0.2, 0) is 4.79 Å². The number of fused-ring (bicyclic) bond motifs is 1. The largest absolute Gasteiger partial charge is 0.493 e. The highest BCUT2D eigenvalue weighted by Crippen LogP contribution is 2.29. The van der Waals surface area contributed by atoms with Crippen LogP contribution in [0.3, 0.4) is 0 Å². The molecule has 0 radical (unpaired) electrons. The molecular weight excluding hydrogens is 386 g/mol. The van der Waals surface area contributed by atoms with E-state index in [4.69, 9.17) is 18.6 Å². The number of ether oxygens (including phenoxy) is 3. The molecule has 0 saturated carbocycles. The molecule has 156 valence electrons. The third-order valence-corrected chi connectivity index (χ3v) is 5.11. The summed E-state index contributed by atoms with van der Waals surface area (Å²) in [5.41, 5.74) is 0.00990. The van der Waals surface area contributed by atoms with Crippen LogP contribution in [0.5, 0.6) is 17.2 Å². The molecule has 1 amide bonds. The van der Waals surface area contributed by atoms with Gasteiger partial charge in [0.25, 0.3) is 5.91 Å². The zero-order chi connectivity index (χ0) is 20.9. The maximum absolute atomic E-state index is 12.5. The van der Waals surface area contributed by atoms with Crippen molar-refractivity contribution in [3.63, 3.8) is 0 Å². The molecule has 2 heterocycles. The van der Waals surface area contributed by atoms with E-state index in [0.717, 1.165) is 24.0 Å². The van der Waals surface area contributed by atoms with Crippen LogP contribution in [-0.4, -0.2) is 43.7 Å². The van der Waals surface area contributed by atoms with Gasteiger partial charge in [0.15, 0.2) is 18.1 Å². The lowest BCUT2D eigenvalue weighted by Gasteiger charge is -2.32.